The summed E-state index contributed by atoms with van der Waals surface area (Å²) in [5, 5.41) is 22.8. The Hall–Kier alpha value is -12.7. The molecule has 4 saturated heterocycles. The molecule has 0 atom stereocenters. The second kappa shape index (κ2) is 42.3. The molecular weight excluding hydrogens is 1870 g/mol. The monoisotopic (exact) mass is 1940 g/mol. The van der Waals surface area contributed by atoms with Crippen LogP contribution in [0.2, 0.25) is 25.1 Å². The van der Waals surface area contributed by atoms with Gasteiger partial charge < -0.3 is 56.2 Å². The van der Waals surface area contributed by atoms with E-state index in [0.29, 0.717) is 130 Å². The number of fused-ring (bicyclic) bond motifs is 1. The number of nitrogens with one attached hydrogen (secondary N) is 7. The number of aryl methyl sites for hydroxylation is 1. The fourth-order valence-electron chi connectivity index (χ4n) is 13.2. The molecule has 4 aliphatic heterocycles. The van der Waals surface area contributed by atoms with Crippen molar-refractivity contribution in [3.63, 3.8) is 0 Å². The Morgan fingerprint density at radius 1 is 0.323 bits per heavy atom. The lowest BCUT2D eigenvalue weighted by Gasteiger charge is -2.28. The number of amides is 7. The van der Waals surface area contributed by atoms with Crippen LogP contribution in [0.5, 0.6) is 0 Å². The van der Waals surface area contributed by atoms with E-state index in [2.05, 4.69) is 42.2 Å². The molecule has 12 aromatic rings. The van der Waals surface area contributed by atoms with Gasteiger partial charge in [0, 0.05) is 89.3 Å². The molecule has 0 radical (unpaired) electrons. The molecule has 5 heterocycles. The summed E-state index contributed by atoms with van der Waals surface area (Å²) in [5.74, 6) is -4.90. The first-order chi connectivity index (χ1) is 62.1. The molecule has 0 spiro atoms. The Labute approximate surface area is 770 Å². The highest BCUT2D eigenvalue weighted by Gasteiger charge is 2.32. The largest absolute Gasteiger partial charge is 0.362 e. The molecule has 41 heteroatoms. The predicted molar refractivity (Wildman–Crippen MR) is 500 cm³/mol. The Balaban J connectivity index is 0.000000148. The topological polar surface area (TPSA) is 403 Å². The van der Waals surface area contributed by atoms with Gasteiger partial charge in [0.05, 0.1) is 113 Å². The molecule has 1 aromatic heterocycles. The van der Waals surface area contributed by atoms with Gasteiger partial charge in [0.15, 0.2) is 23.8 Å². The van der Waals surface area contributed by atoms with Gasteiger partial charge in [-0.1, -0.05) is 88.3 Å². The highest BCUT2D eigenvalue weighted by atomic mass is 35.5. The van der Waals surface area contributed by atoms with Gasteiger partial charge in [0.1, 0.15) is 5.82 Å². The molecule has 4 aliphatic rings. The van der Waals surface area contributed by atoms with Crippen molar-refractivity contribution in [1.29, 1.82) is 0 Å². The highest BCUT2D eigenvalue weighted by molar-refractivity contribution is 7.93. The number of halogens is 6. The molecule has 0 aliphatic carbocycles. The number of hydrogen-bond acceptors (Lipinski definition) is 20. The molecule has 672 valence electrons. The molecule has 31 nitrogen and oxygen atoms in total. The second-order valence-corrected chi connectivity index (χ2v) is 38.1. The van der Waals surface area contributed by atoms with Gasteiger partial charge in [0.2, 0.25) is 0 Å². The zero-order valence-electron chi connectivity index (χ0n) is 68.1. The second-order valence-electron chi connectivity index (χ2n) is 28.6. The zero-order valence-corrected chi connectivity index (χ0v) is 75.2. The molecule has 0 unspecified atom stereocenters. The molecular formula is C89H76Cl5FN12O19S4. The smallest absolute Gasteiger partial charge is 0.259 e. The van der Waals surface area contributed by atoms with Crippen LogP contribution in [0, 0.1) is 12.7 Å². The third-order valence-electron chi connectivity index (χ3n) is 19.7. The molecule has 16 rings (SSSR count). The van der Waals surface area contributed by atoms with Gasteiger partial charge in [-0.05, 0) is 225 Å². The molecule has 4 fully saturated rings. The molecule has 7 N–H and O–H groups in total. The molecule has 0 bridgehead atoms. The lowest BCUT2D eigenvalue weighted by Crippen LogP contribution is -2.41. The summed E-state index contributed by atoms with van der Waals surface area (Å²) in [4.78, 5) is 92.0. The van der Waals surface area contributed by atoms with E-state index < -0.39 is 75.4 Å². The fourth-order valence-corrected chi connectivity index (χ4v) is 19.2. The number of sulfonamides is 4. The summed E-state index contributed by atoms with van der Waals surface area (Å²) >= 11 is 30.8. The lowest BCUT2D eigenvalue weighted by atomic mass is 10.0. The first-order valence-corrected chi connectivity index (χ1v) is 47.4. The summed E-state index contributed by atoms with van der Waals surface area (Å²) in [6, 6.07) is 63.2. The van der Waals surface area contributed by atoms with Crippen molar-refractivity contribution in [2.45, 2.75) is 6.92 Å². The van der Waals surface area contributed by atoms with Crippen molar-refractivity contribution in [2.24, 2.45) is 0 Å². The highest BCUT2D eigenvalue weighted by Crippen LogP contribution is 2.36. The summed E-state index contributed by atoms with van der Waals surface area (Å²) in [6.07, 6.45) is 2.99. The van der Waals surface area contributed by atoms with Gasteiger partial charge in [-0.2, -0.15) is 0 Å². The normalized spacial score (nSPS) is 15.2. The Kier molecular flexibility index (Phi) is 30.9. The number of pyridine rings is 1. The number of hydrogen-bond donors (Lipinski definition) is 7. The van der Waals surface area contributed by atoms with Gasteiger partial charge in [0.25, 0.3) is 81.4 Å². The van der Waals surface area contributed by atoms with Crippen molar-refractivity contribution < 1.29 is 90.6 Å². The van der Waals surface area contributed by atoms with Crippen molar-refractivity contribution in [3.05, 3.63) is 330 Å². The van der Waals surface area contributed by atoms with Crippen LogP contribution < -0.4 is 54.4 Å². The number of anilines is 11. The number of aromatic nitrogens is 1. The van der Waals surface area contributed by atoms with Crippen LogP contribution in [0.25, 0.3) is 10.8 Å². The third-order valence-corrected chi connectivity index (χ3v) is 27.3. The number of nitrogens with zero attached hydrogens (tertiary/aromatic N) is 5. The minimum absolute atomic E-state index is 0.118. The van der Waals surface area contributed by atoms with E-state index in [1.165, 1.54) is 102 Å². The van der Waals surface area contributed by atoms with Crippen molar-refractivity contribution in [2.75, 3.05) is 131 Å². The minimum Gasteiger partial charge on any atom is -0.362 e. The molecule has 7 amide bonds. The van der Waals surface area contributed by atoms with E-state index in [9.17, 15) is 71.6 Å². The zero-order chi connectivity index (χ0) is 92.6. The third kappa shape index (κ3) is 24.3. The average molecular weight is 1940 g/mol. The maximum absolute atomic E-state index is 13.4. The summed E-state index contributed by atoms with van der Waals surface area (Å²) in [7, 11) is -14.1. The van der Waals surface area contributed by atoms with Crippen molar-refractivity contribution >= 4 is 213 Å². The average Bonchev–Trinajstić information content (AvgIpc) is 0.524. The van der Waals surface area contributed by atoms with Gasteiger partial charge in [-0.15, -0.1) is 0 Å². The van der Waals surface area contributed by atoms with Crippen molar-refractivity contribution in [1.82, 2.24) is 4.98 Å². The van der Waals surface area contributed by atoms with Crippen LogP contribution in [0.15, 0.2) is 255 Å². The van der Waals surface area contributed by atoms with E-state index in [1.54, 1.807) is 146 Å². The maximum atomic E-state index is 13.4. The van der Waals surface area contributed by atoms with E-state index in [-0.39, 0.29) is 84.6 Å². The number of rotatable bonds is 18. The number of ether oxygens (including phenoxy) is 4. The summed E-state index contributed by atoms with van der Waals surface area (Å²) in [5.41, 5.74) is 7.88. The summed E-state index contributed by atoms with van der Waals surface area (Å²) in [6.45, 7) is 4.08. The van der Waals surface area contributed by atoms with Crippen LogP contribution in [0.1, 0.15) is 78.1 Å². The maximum Gasteiger partial charge on any atom is 0.259 e. The molecule has 0 saturated carbocycles. The number of carbonyl (C=O) groups excluding carboxylic acids is 7. The van der Waals surface area contributed by atoms with Crippen LogP contribution in [-0.2, 0) is 59.0 Å². The molecule has 11 aromatic carbocycles. The van der Waals surface area contributed by atoms with Gasteiger partial charge in [-0.25, -0.2) is 38.1 Å². The van der Waals surface area contributed by atoms with Crippen LogP contribution in [0.4, 0.5) is 67.0 Å². The Bertz CT molecular complexity index is 6580. The van der Waals surface area contributed by atoms with Gasteiger partial charge in [-0.3, -0.25) is 55.8 Å². The summed E-state index contributed by atoms with van der Waals surface area (Å²) < 4.78 is 136. The van der Waals surface area contributed by atoms with Crippen LogP contribution in [0.3, 0.4) is 0 Å². The van der Waals surface area contributed by atoms with Crippen molar-refractivity contribution in [3.8, 4) is 0 Å². The quantitative estimate of drug-likeness (QED) is 0.0419. The van der Waals surface area contributed by atoms with E-state index in [0.717, 1.165) is 22.4 Å². The number of carbonyl (C=O) groups is 7. The lowest BCUT2D eigenvalue weighted by molar-refractivity contribution is 0.101. The Morgan fingerprint density at radius 3 is 0.985 bits per heavy atom. The minimum atomic E-state index is -3.56. The standard InChI is InChI=1S/C23H19Cl2N3O5S.C23H19ClFN3O5S.C22H19ClN4O5S.C21H19ClN2O4S/c24-17-3-1-2-16(12-17)23(30)27-21-13-18(6-9-20(21)25)26-22(29)15-4-7-19(8-5-15)28-10-11-33-14-34(28,31)32;24-20-9-6-18(13-21(20)27-23(30)16-2-1-3-17(25)12-16)26-22(29)15-4-7-19(8-5-15)28-10-11-33-14-34(28,31)32;23-19-8-5-17(12-20(19)26-22(29)16-2-1-9-24-13-16)25-21(28)15-3-6-18(7-4-15)27-10-11-32-14-33(27,30)31;1-14-3-2-4-17-19(10-9-18(22)20(14)17)23-21(25)15-5-7-16(8-6-15)24-11-12-28-13-29(24,26)27/h2*1-9,12-13H,10-11,14H2,(H,26,29)(H,27,30);1-9,12-13H,10-11,14H2,(H,25,28)(H,26,29);2-10H,11-13H2,1H3,(H,23,25). The Morgan fingerprint density at radius 2 is 0.638 bits per heavy atom. The van der Waals surface area contributed by atoms with Gasteiger partial charge >= 0.3 is 0 Å². The van der Waals surface area contributed by atoms with E-state index in [4.69, 9.17) is 77.0 Å². The van der Waals surface area contributed by atoms with Crippen LogP contribution in [-0.4, -0.2) is 156 Å². The predicted octanol–water partition coefficient (Wildman–Crippen LogP) is 16.3. The van der Waals surface area contributed by atoms with E-state index >= 15 is 0 Å². The first kappa shape index (κ1) is 94.9. The van der Waals surface area contributed by atoms with Crippen LogP contribution >= 0.6 is 58.0 Å². The SMILES string of the molecule is Cc1cccc2c(NC(=O)c3ccc(N4CCOCS4(=O)=O)cc3)ccc(Cl)c12.O=C(Nc1ccc(Cl)c(NC(=O)c2cccc(Cl)c2)c1)c1ccc(N2CCOCS2(=O)=O)cc1.O=C(Nc1ccc(Cl)c(NC(=O)c2cccc(F)c2)c1)c1ccc(N2CCOCS2(=O)=O)cc1.O=C(Nc1ccc(Cl)c(NC(=O)c2cccnc2)c1)c1ccc(N2CCOCS2(=O)=O)cc1. The number of benzene rings is 11. The fraction of sp³-hybridized carbons (Fsp3) is 0.146. The first-order valence-electron chi connectivity index (χ1n) is 39.1. The van der Waals surface area contributed by atoms with E-state index in [1.807, 2.05) is 25.1 Å². The molecule has 130 heavy (non-hydrogen) atoms.